The lowest BCUT2D eigenvalue weighted by Crippen LogP contribution is -2.18. The average Bonchev–Trinajstić information content (AvgIpc) is 2.47. The van der Waals surface area contributed by atoms with Crippen LogP contribution in [0.1, 0.15) is 25.0 Å². The van der Waals surface area contributed by atoms with Gasteiger partial charge in [0, 0.05) is 25.0 Å². The van der Waals surface area contributed by atoms with Gasteiger partial charge in [0.2, 0.25) is 0 Å². The molecule has 1 heterocycles. The van der Waals surface area contributed by atoms with Crippen LogP contribution in [0.3, 0.4) is 0 Å². The van der Waals surface area contributed by atoms with Crippen molar-refractivity contribution in [1.82, 2.24) is 10.3 Å². The minimum atomic E-state index is 0.875. The number of rotatable bonds is 6. The Morgan fingerprint density at radius 3 is 2.60 bits per heavy atom. The van der Waals surface area contributed by atoms with Crippen LogP contribution in [0.25, 0.3) is 0 Å². The van der Waals surface area contributed by atoms with Gasteiger partial charge in [-0.15, -0.1) is 0 Å². The van der Waals surface area contributed by atoms with Gasteiger partial charge in [-0.3, -0.25) is 0 Å². The van der Waals surface area contributed by atoms with Crippen molar-refractivity contribution in [3.63, 3.8) is 0 Å². The van der Waals surface area contributed by atoms with E-state index in [1.54, 1.807) is 0 Å². The van der Waals surface area contributed by atoms with Crippen LogP contribution >= 0.6 is 0 Å². The molecule has 0 unspecified atom stereocenters. The van der Waals surface area contributed by atoms with Crippen LogP contribution < -0.4 is 10.2 Å². The highest BCUT2D eigenvalue weighted by atomic mass is 15.2. The van der Waals surface area contributed by atoms with E-state index in [4.69, 9.17) is 0 Å². The first-order valence-corrected chi connectivity index (χ1v) is 7.24. The summed E-state index contributed by atoms with van der Waals surface area (Å²) in [6.07, 6.45) is 1.95. The summed E-state index contributed by atoms with van der Waals surface area (Å²) in [5.74, 6) is 0.998. The fourth-order valence-electron chi connectivity index (χ4n) is 2.22. The van der Waals surface area contributed by atoms with Crippen molar-refractivity contribution in [2.24, 2.45) is 0 Å². The van der Waals surface area contributed by atoms with E-state index < -0.39 is 0 Å². The Kier molecular flexibility index (Phi) is 5.13. The molecule has 2 rings (SSSR count). The minimum absolute atomic E-state index is 0.875. The Morgan fingerprint density at radius 1 is 1.15 bits per heavy atom. The van der Waals surface area contributed by atoms with Gasteiger partial charge >= 0.3 is 0 Å². The third kappa shape index (κ3) is 3.58. The Hall–Kier alpha value is -1.87. The number of hydrogen-bond donors (Lipinski definition) is 1. The van der Waals surface area contributed by atoms with Crippen LogP contribution in [0.4, 0.5) is 11.5 Å². The number of benzene rings is 1. The second-order valence-corrected chi connectivity index (χ2v) is 4.89. The second kappa shape index (κ2) is 7.06. The van der Waals surface area contributed by atoms with Crippen LogP contribution in [0.2, 0.25) is 0 Å². The monoisotopic (exact) mass is 269 g/mol. The average molecular weight is 269 g/mol. The molecule has 0 amide bonds. The molecule has 1 aromatic carbocycles. The first-order valence-electron chi connectivity index (χ1n) is 7.24. The number of aryl methyl sites for hydroxylation is 1. The van der Waals surface area contributed by atoms with Gasteiger partial charge in [-0.1, -0.05) is 25.1 Å². The van der Waals surface area contributed by atoms with Gasteiger partial charge in [0.15, 0.2) is 0 Å². The molecular weight excluding hydrogens is 246 g/mol. The van der Waals surface area contributed by atoms with Crippen molar-refractivity contribution in [2.75, 3.05) is 18.0 Å². The molecule has 3 heteroatoms. The van der Waals surface area contributed by atoms with E-state index in [2.05, 4.69) is 72.4 Å². The predicted octanol–water partition coefficient (Wildman–Crippen LogP) is 3.66. The first kappa shape index (κ1) is 14.5. The molecule has 0 atom stereocenters. The van der Waals surface area contributed by atoms with Crippen LogP contribution in [0, 0.1) is 6.92 Å². The Balaban J connectivity index is 2.19. The summed E-state index contributed by atoms with van der Waals surface area (Å²) in [5.41, 5.74) is 3.68. The lowest BCUT2D eigenvalue weighted by Gasteiger charge is -2.22. The molecule has 0 fully saturated rings. The molecule has 1 aromatic heterocycles. The van der Waals surface area contributed by atoms with E-state index >= 15 is 0 Å². The van der Waals surface area contributed by atoms with Crippen molar-refractivity contribution in [2.45, 2.75) is 27.3 Å². The standard InChI is InChI=1S/C17H23N3/c1-4-18-12-15-9-10-17(19-13-15)20(5-2)16-8-6-7-14(3)11-16/h6-11,13,18H,4-5,12H2,1-3H3. The highest BCUT2D eigenvalue weighted by Gasteiger charge is 2.08. The van der Waals surface area contributed by atoms with Crippen molar-refractivity contribution in [1.29, 1.82) is 0 Å². The minimum Gasteiger partial charge on any atom is -0.327 e. The highest BCUT2D eigenvalue weighted by Crippen LogP contribution is 2.24. The second-order valence-electron chi connectivity index (χ2n) is 4.89. The summed E-state index contributed by atoms with van der Waals surface area (Å²) >= 11 is 0. The molecule has 0 aliphatic heterocycles. The summed E-state index contributed by atoms with van der Waals surface area (Å²) in [6, 6.07) is 12.8. The van der Waals surface area contributed by atoms with E-state index in [1.807, 2.05) is 6.20 Å². The van der Waals surface area contributed by atoms with Crippen molar-refractivity contribution >= 4 is 11.5 Å². The zero-order valence-electron chi connectivity index (χ0n) is 12.6. The largest absolute Gasteiger partial charge is 0.327 e. The smallest absolute Gasteiger partial charge is 0.132 e. The van der Waals surface area contributed by atoms with Gasteiger partial charge < -0.3 is 10.2 Å². The lowest BCUT2D eigenvalue weighted by molar-refractivity contribution is 0.724. The predicted molar refractivity (Wildman–Crippen MR) is 85.5 cm³/mol. The van der Waals surface area contributed by atoms with Crippen molar-refractivity contribution in [3.05, 3.63) is 53.7 Å². The van der Waals surface area contributed by atoms with Crippen LogP contribution in [-0.2, 0) is 6.54 Å². The van der Waals surface area contributed by atoms with E-state index in [-0.39, 0.29) is 0 Å². The maximum absolute atomic E-state index is 4.59. The van der Waals surface area contributed by atoms with E-state index in [1.165, 1.54) is 16.8 Å². The quantitative estimate of drug-likeness (QED) is 0.867. The molecule has 20 heavy (non-hydrogen) atoms. The number of hydrogen-bond acceptors (Lipinski definition) is 3. The normalized spacial score (nSPS) is 10.6. The zero-order valence-corrected chi connectivity index (χ0v) is 12.6. The first-order chi connectivity index (χ1) is 9.74. The molecule has 0 aliphatic carbocycles. The molecule has 2 aromatic rings. The van der Waals surface area contributed by atoms with Crippen LogP contribution in [0.15, 0.2) is 42.6 Å². The SMILES string of the molecule is CCNCc1ccc(N(CC)c2cccc(C)c2)nc1. The topological polar surface area (TPSA) is 28.2 Å². The molecule has 106 valence electrons. The molecule has 3 nitrogen and oxygen atoms in total. The number of nitrogens with one attached hydrogen (secondary N) is 1. The summed E-state index contributed by atoms with van der Waals surface area (Å²) in [4.78, 5) is 6.82. The Bertz CT molecular complexity index is 534. The molecule has 0 saturated heterocycles. The third-order valence-electron chi connectivity index (χ3n) is 3.29. The molecule has 0 spiro atoms. The van der Waals surface area contributed by atoms with Gasteiger partial charge in [0.1, 0.15) is 5.82 Å². The van der Waals surface area contributed by atoms with Gasteiger partial charge in [0.25, 0.3) is 0 Å². The fraction of sp³-hybridized carbons (Fsp3) is 0.353. The summed E-state index contributed by atoms with van der Waals surface area (Å²) < 4.78 is 0. The molecule has 0 bridgehead atoms. The van der Waals surface area contributed by atoms with Gasteiger partial charge in [-0.2, -0.15) is 0 Å². The molecular formula is C17H23N3. The van der Waals surface area contributed by atoms with Crippen molar-refractivity contribution < 1.29 is 0 Å². The fourth-order valence-corrected chi connectivity index (χ4v) is 2.22. The van der Waals surface area contributed by atoms with Crippen molar-refractivity contribution in [3.8, 4) is 0 Å². The number of nitrogens with zero attached hydrogens (tertiary/aromatic N) is 2. The zero-order chi connectivity index (χ0) is 14.4. The molecule has 1 N–H and O–H groups in total. The summed E-state index contributed by atoms with van der Waals surface area (Å²) in [6.45, 7) is 9.13. The van der Waals surface area contributed by atoms with Gasteiger partial charge in [0.05, 0.1) is 0 Å². The van der Waals surface area contributed by atoms with Gasteiger partial charge in [-0.25, -0.2) is 4.98 Å². The van der Waals surface area contributed by atoms with E-state index in [0.717, 1.165) is 25.5 Å². The lowest BCUT2D eigenvalue weighted by atomic mass is 10.2. The van der Waals surface area contributed by atoms with Gasteiger partial charge in [-0.05, 0) is 49.7 Å². The Labute approximate surface area is 121 Å². The third-order valence-corrected chi connectivity index (χ3v) is 3.29. The number of anilines is 2. The summed E-state index contributed by atoms with van der Waals surface area (Å²) in [5, 5.41) is 3.31. The molecule has 0 saturated carbocycles. The van der Waals surface area contributed by atoms with Crippen LogP contribution in [0.5, 0.6) is 0 Å². The van der Waals surface area contributed by atoms with Crippen LogP contribution in [-0.4, -0.2) is 18.1 Å². The number of aromatic nitrogens is 1. The van der Waals surface area contributed by atoms with E-state index in [0.29, 0.717) is 0 Å². The van der Waals surface area contributed by atoms with E-state index in [9.17, 15) is 0 Å². The Morgan fingerprint density at radius 2 is 2.00 bits per heavy atom. The maximum Gasteiger partial charge on any atom is 0.132 e. The summed E-state index contributed by atoms with van der Waals surface area (Å²) in [7, 11) is 0. The number of pyridine rings is 1. The highest BCUT2D eigenvalue weighted by molar-refractivity contribution is 5.60. The molecule has 0 aliphatic rings. The maximum atomic E-state index is 4.59. The molecule has 0 radical (unpaired) electrons.